The Hall–Kier alpha value is 0.410. The van der Waals surface area contributed by atoms with Crippen molar-refractivity contribution in [1.29, 1.82) is 0 Å². The molecular formula is C5H14O2PS+. The Bertz CT molecular complexity index is 108. The van der Waals surface area contributed by atoms with E-state index in [0.29, 0.717) is 6.16 Å². The molecule has 2 nitrogen and oxygen atoms in total. The molecule has 0 N–H and O–H groups in total. The maximum Gasteiger partial charge on any atom is 0.518 e. The van der Waals surface area contributed by atoms with Gasteiger partial charge >= 0.3 is 8.03 Å². The highest BCUT2D eigenvalue weighted by Gasteiger charge is 2.20. The van der Waals surface area contributed by atoms with E-state index in [1.807, 2.05) is 25.7 Å². The van der Waals surface area contributed by atoms with Crippen LogP contribution in [-0.2, 0) is 8.54 Å². The summed E-state index contributed by atoms with van der Waals surface area (Å²) in [7, 11) is -2.40. The minimum absolute atomic E-state index is 0.625. The van der Waals surface area contributed by atoms with Crippen molar-refractivity contribution in [2.24, 2.45) is 0 Å². The van der Waals surface area contributed by atoms with Crippen LogP contribution in [0.3, 0.4) is 0 Å². The Morgan fingerprint density at radius 2 is 1.89 bits per heavy atom. The van der Waals surface area contributed by atoms with Crippen molar-refractivity contribution in [3.8, 4) is 0 Å². The van der Waals surface area contributed by atoms with Gasteiger partial charge in [-0.15, -0.1) is 0 Å². The Balaban J connectivity index is 3.60. The van der Waals surface area contributed by atoms with Gasteiger partial charge in [0, 0.05) is 0 Å². The highest BCUT2D eigenvalue weighted by atomic mass is 32.3. The van der Waals surface area contributed by atoms with E-state index in [-0.39, 0.29) is 0 Å². The largest absolute Gasteiger partial charge is 0.518 e. The molecule has 0 bridgehead atoms. The lowest BCUT2D eigenvalue weighted by Crippen LogP contribution is -1.91. The molecule has 0 spiro atoms. The molecule has 0 amide bonds. The quantitative estimate of drug-likeness (QED) is 0.606. The van der Waals surface area contributed by atoms with Crippen LogP contribution in [0.1, 0.15) is 6.92 Å². The van der Waals surface area contributed by atoms with Crippen molar-refractivity contribution in [2.45, 2.75) is 6.92 Å². The van der Waals surface area contributed by atoms with Gasteiger partial charge in [-0.2, -0.15) is 0 Å². The molecule has 56 valence electrons. The van der Waals surface area contributed by atoms with Crippen LogP contribution in [0.4, 0.5) is 0 Å². The maximum absolute atomic E-state index is 10.8. The highest BCUT2D eigenvalue weighted by Crippen LogP contribution is 2.46. The van der Waals surface area contributed by atoms with Crippen molar-refractivity contribution >= 4 is 18.3 Å². The van der Waals surface area contributed by atoms with Crippen LogP contribution < -0.4 is 0 Å². The summed E-state index contributed by atoms with van der Waals surface area (Å²) >= 11 is 0. The van der Waals surface area contributed by atoms with E-state index in [0.717, 1.165) is 0 Å². The third-order valence-electron chi connectivity index (χ3n) is 0.565. The second-order valence-corrected chi connectivity index (χ2v) is 7.79. The van der Waals surface area contributed by atoms with E-state index in [1.165, 1.54) is 0 Å². The molecule has 0 aliphatic carbocycles. The summed E-state index contributed by atoms with van der Waals surface area (Å²) < 4.78 is 16.0. The zero-order valence-corrected chi connectivity index (χ0v) is 8.09. The number of hydrogen-bond acceptors (Lipinski definition) is 2. The van der Waals surface area contributed by atoms with E-state index in [1.54, 1.807) is 0 Å². The first-order valence-electron chi connectivity index (χ1n) is 2.78. The standard InChI is InChI=1S/C5H14O2PS/c1-5-8(6)7-9(2,3)4/h5H2,1-4H3/q+1. The Kier molecular flexibility index (Phi) is 3.71. The molecule has 1 unspecified atom stereocenters. The molecule has 0 aromatic carbocycles. The van der Waals surface area contributed by atoms with E-state index in [2.05, 4.69) is 0 Å². The summed E-state index contributed by atoms with van der Waals surface area (Å²) in [5.41, 5.74) is 0. The summed E-state index contributed by atoms with van der Waals surface area (Å²) in [5.74, 6) is 0. The van der Waals surface area contributed by atoms with Gasteiger partial charge in [0.05, 0.1) is 0 Å². The third kappa shape index (κ3) is 6.29. The van der Waals surface area contributed by atoms with Crippen LogP contribution in [0.25, 0.3) is 0 Å². The molecule has 0 rings (SSSR count). The minimum atomic E-state index is -1.38. The second kappa shape index (κ2) is 3.55. The van der Waals surface area contributed by atoms with Crippen LogP contribution in [-0.4, -0.2) is 24.9 Å². The van der Waals surface area contributed by atoms with Crippen molar-refractivity contribution in [3.05, 3.63) is 0 Å². The number of rotatable bonds is 3. The zero-order valence-electron chi connectivity index (χ0n) is 6.38. The molecule has 4 heteroatoms. The van der Waals surface area contributed by atoms with Gasteiger partial charge in [0.15, 0.2) is 6.16 Å². The first kappa shape index (κ1) is 9.41. The van der Waals surface area contributed by atoms with Gasteiger partial charge in [-0.05, 0) is 30.3 Å². The van der Waals surface area contributed by atoms with Gasteiger partial charge in [0.1, 0.15) is 0 Å². The predicted molar refractivity (Wildman–Crippen MR) is 44.6 cm³/mol. The third-order valence-corrected chi connectivity index (χ3v) is 3.54. The van der Waals surface area contributed by atoms with Crippen LogP contribution in [0.15, 0.2) is 0 Å². The number of hydrogen-bond donors (Lipinski definition) is 0. The molecule has 0 aromatic heterocycles. The topological polar surface area (TPSA) is 26.3 Å². The molecule has 0 aromatic rings. The van der Waals surface area contributed by atoms with Gasteiger partial charge < -0.3 is 0 Å². The average Bonchev–Trinajstić information content (AvgIpc) is 1.62. The molecule has 0 saturated heterocycles. The van der Waals surface area contributed by atoms with Gasteiger partial charge in [-0.1, -0.05) is 14.3 Å². The van der Waals surface area contributed by atoms with E-state index in [9.17, 15) is 4.57 Å². The summed E-state index contributed by atoms with van der Waals surface area (Å²) in [5, 5.41) is 0. The maximum atomic E-state index is 10.8. The Morgan fingerprint density at radius 3 is 2.00 bits per heavy atom. The van der Waals surface area contributed by atoms with Gasteiger partial charge in [0.25, 0.3) is 0 Å². The van der Waals surface area contributed by atoms with Crippen molar-refractivity contribution in [2.75, 3.05) is 24.9 Å². The summed E-state index contributed by atoms with van der Waals surface area (Å²) in [4.78, 5) is 0. The summed E-state index contributed by atoms with van der Waals surface area (Å²) in [6, 6.07) is 0. The van der Waals surface area contributed by atoms with E-state index in [4.69, 9.17) is 3.97 Å². The Morgan fingerprint density at radius 1 is 1.44 bits per heavy atom. The van der Waals surface area contributed by atoms with Crippen LogP contribution >= 0.6 is 18.3 Å². The SMILES string of the molecule is CC[P+](=O)OS(C)(C)C. The Labute approximate surface area is 59.4 Å². The van der Waals surface area contributed by atoms with Crippen molar-refractivity contribution < 1.29 is 8.54 Å². The van der Waals surface area contributed by atoms with E-state index >= 15 is 0 Å². The van der Waals surface area contributed by atoms with Crippen LogP contribution in [0, 0.1) is 0 Å². The monoisotopic (exact) mass is 169 g/mol. The molecule has 0 fully saturated rings. The summed E-state index contributed by atoms with van der Waals surface area (Å²) in [6.07, 6.45) is 6.57. The van der Waals surface area contributed by atoms with Gasteiger partial charge in [0.2, 0.25) is 0 Å². The first-order valence-corrected chi connectivity index (χ1v) is 6.93. The van der Waals surface area contributed by atoms with Gasteiger partial charge in [-0.25, -0.2) is 0 Å². The normalized spacial score (nSPS) is 15.3. The lowest BCUT2D eigenvalue weighted by molar-refractivity contribution is 0.530. The molecule has 0 aliphatic rings. The second-order valence-electron chi connectivity index (χ2n) is 2.45. The lowest BCUT2D eigenvalue weighted by atomic mass is 11.0. The van der Waals surface area contributed by atoms with Crippen molar-refractivity contribution in [1.82, 2.24) is 0 Å². The fraction of sp³-hybridized carbons (Fsp3) is 1.00. The fourth-order valence-electron chi connectivity index (χ4n) is 0.302. The molecule has 0 heterocycles. The lowest BCUT2D eigenvalue weighted by Gasteiger charge is -2.15. The molecule has 0 radical (unpaired) electrons. The first-order chi connectivity index (χ1) is 3.95. The average molecular weight is 169 g/mol. The van der Waals surface area contributed by atoms with Crippen LogP contribution in [0.5, 0.6) is 0 Å². The van der Waals surface area contributed by atoms with E-state index < -0.39 is 18.3 Å². The van der Waals surface area contributed by atoms with Crippen molar-refractivity contribution in [3.63, 3.8) is 0 Å². The smallest absolute Gasteiger partial charge is 0.0952 e. The molecule has 0 aliphatic heterocycles. The predicted octanol–water partition coefficient (Wildman–Crippen LogP) is 2.37. The molecular weight excluding hydrogens is 155 g/mol. The molecule has 0 saturated carbocycles. The minimum Gasteiger partial charge on any atom is -0.0952 e. The molecule has 1 atom stereocenters. The highest BCUT2D eigenvalue weighted by molar-refractivity contribution is 8.29. The summed E-state index contributed by atoms with van der Waals surface area (Å²) in [6.45, 7) is 1.86. The molecule has 9 heavy (non-hydrogen) atoms. The zero-order chi connectivity index (χ0) is 7.49. The van der Waals surface area contributed by atoms with Crippen LogP contribution in [0.2, 0.25) is 0 Å². The fourth-order valence-corrected chi connectivity index (χ4v) is 2.72. The van der Waals surface area contributed by atoms with Gasteiger partial charge in [-0.3, -0.25) is 0 Å².